The van der Waals surface area contributed by atoms with Crippen LogP contribution in [0.3, 0.4) is 0 Å². The molecule has 0 unspecified atom stereocenters. The second-order valence-corrected chi connectivity index (χ2v) is 5.96. The van der Waals surface area contributed by atoms with Gasteiger partial charge in [0, 0.05) is 31.9 Å². The third kappa shape index (κ3) is 2.92. The molecule has 0 bridgehead atoms. The molecule has 2 heterocycles. The Hall–Kier alpha value is -1.32. The maximum absolute atomic E-state index is 4.61. The first-order chi connectivity index (χ1) is 8.52. The lowest BCUT2D eigenvalue weighted by molar-refractivity contribution is 0.325. The van der Waals surface area contributed by atoms with Crippen molar-refractivity contribution >= 4 is 11.8 Å². The van der Waals surface area contributed by atoms with Crippen molar-refractivity contribution < 1.29 is 0 Å². The predicted molar refractivity (Wildman–Crippen MR) is 76.2 cm³/mol. The number of aryl methyl sites for hydroxylation is 1. The molecule has 4 nitrogen and oxygen atoms in total. The average Bonchev–Trinajstić information content (AvgIpc) is 2.51. The van der Waals surface area contributed by atoms with Crippen molar-refractivity contribution in [1.82, 2.24) is 9.97 Å². The summed E-state index contributed by atoms with van der Waals surface area (Å²) in [5, 5.41) is 3.02. The first-order valence-corrected chi connectivity index (χ1v) is 6.78. The highest BCUT2D eigenvalue weighted by molar-refractivity contribution is 5.48. The van der Waals surface area contributed by atoms with Gasteiger partial charge in [-0.15, -0.1) is 0 Å². The van der Waals surface area contributed by atoms with E-state index in [1.807, 2.05) is 13.2 Å². The molecule has 1 fully saturated rings. The first-order valence-electron chi connectivity index (χ1n) is 6.78. The van der Waals surface area contributed by atoms with Gasteiger partial charge in [-0.3, -0.25) is 0 Å². The number of nitrogens with zero attached hydrogens (tertiary/aromatic N) is 3. The molecule has 0 radical (unpaired) electrons. The highest BCUT2D eigenvalue weighted by Crippen LogP contribution is 2.32. The van der Waals surface area contributed by atoms with Gasteiger partial charge >= 0.3 is 0 Å². The Morgan fingerprint density at radius 1 is 1.28 bits per heavy atom. The van der Waals surface area contributed by atoms with E-state index in [2.05, 4.69) is 41.0 Å². The van der Waals surface area contributed by atoms with E-state index in [1.165, 1.54) is 19.3 Å². The number of aromatic nitrogens is 2. The summed E-state index contributed by atoms with van der Waals surface area (Å²) in [5.74, 6) is 1.80. The standard InChI is InChI=1S/C14H24N4/c1-11-10-16-13(15-4)17-12(11)18-8-5-6-14(2,3)7-9-18/h10H,5-9H2,1-4H3,(H,15,16,17). The molecule has 0 aliphatic carbocycles. The van der Waals surface area contributed by atoms with Gasteiger partial charge in [0.05, 0.1) is 0 Å². The van der Waals surface area contributed by atoms with Crippen LogP contribution in [0.4, 0.5) is 11.8 Å². The molecule has 1 N–H and O–H groups in total. The zero-order chi connectivity index (χ0) is 13.2. The van der Waals surface area contributed by atoms with Crippen LogP contribution in [-0.4, -0.2) is 30.1 Å². The van der Waals surface area contributed by atoms with E-state index < -0.39 is 0 Å². The van der Waals surface area contributed by atoms with Gasteiger partial charge in [-0.1, -0.05) is 13.8 Å². The zero-order valence-corrected chi connectivity index (χ0v) is 12.0. The molecule has 18 heavy (non-hydrogen) atoms. The topological polar surface area (TPSA) is 41.1 Å². The van der Waals surface area contributed by atoms with E-state index in [-0.39, 0.29) is 0 Å². The molecule has 0 saturated carbocycles. The molecule has 2 rings (SSSR count). The van der Waals surface area contributed by atoms with E-state index >= 15 is 0 Å². The van der Waals surface area contributed by atoms with Gasteiger partial charge in [0.15, 0.2) is 0 Å². The molecule has 0 atom stereocenters. The normalized spacial score (nSPS) is 19.4. The monoisotopic (exact) mass is 248 g/mol. The molecule has 0 aromatic carbocycles. The maximum atomic E-state index is 4.61. The summed E-state index contributed by atoms with van der Waals surface area (Å²) < 4.78 is 0. The third-order valence-electron chi connectivity index (χ3n) is 3.81. The molecule has 1 saturated heterocycles. The van der Waals surface area contributed by atoms with Gasteiger partial charge in [0.1, 0.15) is 5.82 Å². The molecule has 4 heteroatoms. The molecule has 1 aliphatic rings. The van der Waals surface area contributed by atoms with Crippen molar-refractivity contribution in [1.29, 1.82) is 0 Å². The van der Waals surface area contributed by atoms with E-state index in [4.69, 9.17) is 0 Å². The average molecular weight is 248 g/mol. The smallest absolute Gasteiger partial charge is 0.224 e. The summed E-state index contributed by atoms with van der Waals surface area (Å²) in [6, 6.07) is 0. The number of nitrogens with one attached hydrogen (secondary N) is 1. The molecular weight excluding hydrogens is 224 g/mol. The molecule has 0 spiro atoms. The quantitative estimate of drug-likeness (QED) is 0.873. The highest BCUT2D eigenvalue weighted by atomic mass is 15.2. The van der Waals surface area contributed by atoms with Crippen LogP contribution in [0, 0.1) is 12.3 Å². The minimum Gasteiger partial charge on any atom is -0.357 e. The molecule has 1 aromatic rings. The van der Waals surface area contributed by atoms with Gasteiger partial charge in [0.25, 0.3) is 0 Å². The lowest BCUT2D eigenvalue weighted by Gasteiger charge is -2.25. The van der Waals surface area contributed by atoms with Gasteiger partial charge in [-0.05, 0) is 31.6 Å². The lowest BCUT2D eigenvalue weighted by atomic mass is 9.85. The SMILES string of the molecule is CNc1ncc(C)c(N2CCCC(C)(C)CC2)n1. The Kier molecular flexibility index (Phi) is 3.73. The predicted octanol–water partition coefficient (Wildman–Crippen LogP) is 2.84. The zero-order valence-electron chi connectivity index (χ0n) is 12.0. The second kappa shape index (κ2) is 5.12. The van der Waals surface area contributed by atoms with Crippen molar-refractivity contribution in [3.05, 3.63) is 11.8 Å². The van der Waals surface area contributed by atoms with Crippen LogP contribution in [0.5, 0.6) is 0 Å². The Bertz CT molecular complexity index is 414. The second-order valence-electron chi connectivity index (χ2n) is 5.96. The van der Waals surface area contributed by atoms with E-state index in [0.717, 1.165) is 24.5 Å². The van der Waals surface area contributed by atoms with Crippen LogP contribution in [-0.2, 0) is 0 Å². The van der Waals surface area contributed by atoms with Crippen LogP contribution in [0.25, 0.3) is 0 Å². The lowest BCUT2D eigenvalue weighted by Crippen LogP contribution is -2.27. The van der Waals surface area contributed by atoms with E-state index in [1.54, 1.807) is 0 Å². The minimum atomic E-state index is 0.460. The van der Waals surface area contributed by atoms with Gasteiger partial charge in [-0.2, -0.15) is 4.98 Å². The molecular formula is C14H24N4. The Morgan fingerprint density at radius 3 is 2.78 bits per heavy atom. The van der Waals surface area contributed by atoms with E-state index in [9.17, 15) is 0 Å². The summed E-state index contributed by atoms with van der Waals surface area (Å²) in [5.41, 5.74) is 1.62. The van der Waals surface area contributed by atoms with Crippen molar-refractivity contribution in [2.24, 2.45) is 5.41 Å². The highest BCUT2D eigenvalue weighted by Gasteiger charge is 2.24. The largest absolute Gasteiger partial charge is 0.357 e. The fourth-order valence-corrected chi connectivity index (χ4v) is 2.51. The fourth-order valence-electron chi connectivity index (χ4n) is 2.51. The van der Waals surface area contributed by atoms with Crippen LogP contribution >= 0.6 is 0 Å². The summed E-state index contributed by atoms with van der Waals surface area (Å²) in [6.45, 7) is 9.01. The maximum Gasteiger partial charge on any atom is 0.224 e. The molecule has 0 amide bonds. The molecule has 100 valence electrons. The van der Waals surface area contributed by atoms with Crippen molar-refractivity contribution in [2.45, 2.75) is 40.0 Å². The minimum absolute atomic E-state index is 0.460. The van der Waals surface area contributed by atoms with Crippen LogP contribution < -0.4 is 10.2 Å². The molecule has 1 aromatic heterocycles. The van der Waals surface area contributed by atoms with Gasteiger partial charge in [0.2, 0.25) is 5.95 Å². The summed E-state index contributed by atoms with van der Waals surface area (Å²) in [4.78, 5) is 11.3. The summed E-state index contributed by atoms with van der Waals surface area (Å²) in [7, 11) is 1.86. The third-order valence-corrected chi connectivity index (χ3v) is 3.81. The Balaban J connectivity index is 2.20. The number of anilines is 2. The molecule has 1 aliphatic heterocycles. The van der Waals surface area contributed by atoms with E-state index in [0.29, 0.717) is 11.4 Å². The van der Waals surface area contributed by atoms with Crippen LogP contribution in [0.15, 0.2) is 6.20 Å². The van der Waals surface area contributed by atoms with Gasteiger partial charge in [-0.25, -0.2) is 4.98 Å². The summed E-state index contributed by atoms with van der Waals surface area (Å²) >= 11 is 0. The van der Waals surface area contributed by atoms with Crippen LogP contribution in [0.2, 0.25) is 0 Å². The Labute approximate surface area is 110 Å². The van der Waals surface area contributed by atoms with Crippen molar-refractivity contribution in [2.75, 3.05) is 30.4 Å². The van der Waals surface area contributed by atoms with Crippen molar-refractivity contribution in [3.63, 3.8) is 0 Å². The Morgan fingerprint density at radius 2 is 2.06 bits per heavy atom. The van der Waals surface area contributed by atoms with Crippen molar-refractivity contribution in [3.8, 4) is 0 Å². The summed E-state index contributed by atoms with van der Waals surface area (Å²) in [6.07, 6.45) is 5.67. The first kappa shape index (κ1) is 13.1. The van der Waals surface area contributed by atoms with Gasteiger partial charge < -0.3 is 10.2 Å². The van der Waals surface area contributed by atoms with Crippen LogP contribution in [0.1, 0.15) is 38.7 Å². The fraction of sp³-hybridized carbons (Fsp3) is 0.714. The number of rotatable bonds is 2. The number of hydrogen-bond donors (Lipinski definition) is 1. The number of hydrogen-bond acceptors (Lipinski definition) is 4.